The maximum atomic E-state index is 5.54. The van der Waals surface area contributed by atoms with Gasteiger partial charge >= 0.3 is 0 Å². The summed E-state index contributed by atoms with van der Waals surface area (Å²) < 4.78 is 16.2. The quantitative estimate of drug-likeness (QED) is 0.669. The maximum absolute atomic E-state index is 5.54. The molecule has 1 N–H and O–H groups in total. The summed E-state index contributed by atoms with van der Waals surface area (Å²) in [5, 5.41) is 3.40. The number of rotatable bonds is 10. The van der Waals surface area contributed by atoms with Crippen molar-refractivity contribution >= 4 is 0 Å². The Kier molecular flexibility index (Phi) is 8.07. The second-order valence-corrected chi connectivity index (χ2v) is 5.15. The molecule has 114 valence electrons. The van der Waals surface area contributed by atoms with E-state index in [1.807, 2.05) is 18.2 Å². The van der Waals surface area contributed by atoms with Gasteiger partial charge in [0.25, 0.3) is 0 Å². The molecule has 20 heavy (non-hydrogen) atoms. The summed E-state index contributed by atoms with van der Waals surface area (Å²) in [4.78, 5) is 0. The molecule has 0 heterocycles. The number of methoxy groups -OCH3 is 2. The monoisotopic (exact) mass is 281 g/mol. The predicted molar refractivity (Wildman–Crippen MR) is 81.5 cm³/mol. The van der Waals surface area contributed by atoms with E-state index in [4.69, 9.17) is 14.2 Å². The number of ether oxygens (including phenoxy) is 3. The number of para-hydroxylation sites is 1. The fraction of sp³-hybridized carbons (Fsp3) is 0.625. The summed E-state index contributed by atoms with van der Waals surface area (Å²) in [6, 6.07) is 5.93. The van der Waals surface area contributed by atoms with Gasteiger partial charge in [0.15, 0.2) is 11.5 Å². The van der Waals surface area contributed by atoms with Crippen molar-refractivity contribution in [2.24, 2.45) is 5.92 Å². The van der Waals surface area contributed by atoms with Gasteiger partial charge in [0.1, 0.15) is 0 Å². The first-order valence-electron chi connectivity index (χ1n) is 7.17. The van der Waals surface area contributed by atoms with Crippen LogP contribution in [0.1, 0.15) is 25.8 Å². The fourth-order valence-corrected chi connectivity index (χ4v) is 1.93. The van der Waals surface area contributed by atoms with Gasteiger partial charge in [-0.05, 0) is 24.9 Å². The molecular weight excluding hydrogens is 254 g/mol. The number of hydrogen-bond donors (Lipinski definition) is 1. The standard InChI is InChI=1S/C16H27NO3/c1-13(2)12-20-10-6-9-17-11-14-7-5-8-15(18-3)16(14)19-4/h5,7-8,13,17H,6,9-12H2,1-4H3. The van der Waals surface area contributed by atoms with E-state index in [2.05, 4.69) is 19.2 Å². The van der Waals surface area contributed by atoms with E-state index in [9.17, 15) is 0 Å². The summed E-state index contributed by atoms with van der Waals surface area (Å²) in [6.45, 7) is 7.66. The Morgan fingerprint density at radius 1 is 1.15 bits per heavy atom. The highest BCUT2D eigenvalue weighted by atomic mass is 16.5. The highest BCUT2D eigenvalue weighted by molar-refractivity contribution is 5.46. The van der Waals surface area contributed by atoms with Crippen LogP contribution >= 0.6 is 0 Å². The molecule has 4 nitrogen and oxygen atoms in total. The molecule has 0 amide bonds. The molecular formula is C16H27NO3. The van der Waals surface area contributed by atoms with E-state index in [1.54, 1.807) is 14.2 Å². The molecule has 0 fully saturated rings. The van der Waals surface area contributed by atoms with Gasteiger partial charge in [0.05, 0.1) is 14.2 Å². The second kappa shape index (κ2) is 9.61. The summed E-state index contributed by atoms with van der Waals surface area (Å²) >= 11 is 0. The molecule has 1 aromatic carbocycles. The van der Waals surface area contributed by atoms with Crippen LogP contribution in [0.15, 0.2) is 18.2 Å². The molecule has 0 aliphatic heterocycles. The molecule has 1 aromatic rings. The van der Waals surface area contributed by atoms with Crippen molar-refractivity contribution in [1.29, 1.82) is 0 Å². The molecule has 0 unspecified atom stereocenters. The van der Waals surface area contributed by atoms with Gasteiger partial charge in [0.2, 0.25) is 0 Å². The van der Waals surface area contributed by atoms with Crippen molar-refractivity contribution in [3.8, 4) is 11.5 Å². The molecule has 0 saturated carbocycles. The lowest BCUT2D eigenvalue weighted by atomic mass is 10.2. The van der Waals surface area contributed by atoms with Gasteiger partial charge in [0, 0.05) is 25.3 Å². The van der Waals surface area contributed by atoms with Crippen LogP contribution in [0.5, 0.6) is 11.5 Å². The maximum Gasteiger partial charge on any atom is 0.165 e. The fourth-order valence-electron chi connectivity index (χ4n) is 1.93. The molecule has 0 spiro atoms. The zero-order valence-corrected chi connectivity index (χ0v) is 13.1. The average molecular weight is 281 g/mol. The molecule has 0 aliphatic rings. The van der Waals surface area contributed by atoms with E-state index in [1.165, 1.54) is 0 Å². The van der Waals surface area contributed by atoms with Crippen molar-refractivity contribution in [3.63, 3.8) is 0 Å². The Morgan fingerprint density at radius 2 is 1.95 bits per heavy atom. The minimum atomic E-state index is 0.601. The van der Waals surface area contributed by atoms with E-state index in [0.29, 0.717) is 5.92 Å². The Morgan fingerprint density at radius 3 is 2.60 bits per heavy atom. The lowest BCUT2D eigenvalue weighted by Gasteiger charge is -2.13. The third-order valence-corrected chi connectivity index (χ3v) is 2.89. The van der Waals surface area contributed by atoms with Crippen LogP contribution in [0.3, 0.4) is 0 Å². The Labute approximate surface area is 122 Å². The van der Waals surface area contributed by atoms with Gasteiger partial charge in [-0.3, -0.25) is 0 Å². The highest BCUT2D eigenvalue weighted by Crippen LogP contribution is 2.30. The summed E-state index contributed by atoms with van der Waals surface area (Å²) in [7, 11) is 3.32. The zero-order chi connectivity index (χ0) is 14.8. The van der Waals surface area contributed by atoms with Crippen molar-refractivity contribution in [2.45, 2.75) is 26.8 Å². The lowest BCUT2D eigenvalue weighted by molar-refractivity contribution is 0.108. The van der Waals surface area contributed by atoms with Crippen molar-refractivity contribution in [1.82, 2.24) is 5.32 Å². The zero-order valence-electron chi connectivity index (χ0n) is 13.1. The molecule has 0 radical (unpaired) electrons. The van der Waals surface area contributed by atoms with Crippen LogP contribution in [0.4, 0.5) is 0 Å². The van der Waals surface area contributed by atoms with E-state index < -0.39 is 0 Å². The minimum Gasteiger partial charge on any atom is -0.493 e. The number of nitrogens with one attached hydrogen (secondary N) is 1. The van der Waals surface area contributed by atoms with Gasteiger partial charge in [-0.2, -0.15) is 0 Å². The molecule has 0 aliphatic carbocycles. The van der Waals surface area contributed by atoms with E-state index >= 15 is 0 Å². The molecule has 0 bridgehead atoms. The lowest BCUT2D eigenvalue weighted by Crippen LogP contribution is -2.17. The first-order chi connectivity index (χ1) is 9.69. The minimum absolute atomic E-state index is 0.601. The van der Waals surface area contributed by atoms with Crippen LogP contribution in [0, 0.1) is 5.92 Å². The second-order valence-electron chi connectivity index (χ2n) is 5.15. The van der Waals surface area contributed by atoms with Crippen molar-refractivity contribution in [2.75, 3.05) is 34.0 Å². The van der Waals surface area contributed by atoms with Crippen molar-refractivity contribution in [3.05, 3.63) is 23.8 Å². The smallest absolute Gasteiger partial charge is 0.165 e. The normalized spacial score (nSPS) is 10.8. The van der Waals surface area contributed by atoms with Gasteiger partial charge in [-0.1, -0.05) is 26.0 Å². The van der Waals surface area contributed by atoms with Crippen LogP contribution in [0.25, 0.3) is 0 Å². The van der Waals surface area contributed by atoms with Crippen LogP contribution in [-0.2, 0) is 11.3 Å². The van der Waals surface area contributed by atoms with Gasteiger partial charge < -0.3 is 19.5 Å². The van der Waals surface area contributed by atoms with E-state index in [-0.39, 0.29) is 0 Å². The summed E-state index contributed by atoms with van der Waals surface area (Å²) in [6.07, 6.45) is 1.01. The van der Waals surface area contributed by atoms with Gasteiger partial charge in [-0.25, -0.2) is 0 Å². The predicted octanol–water partition coefficient (Wildman–Crippen LogP) is 2.86. The Balaban J connectivity index is 2.28. The first-order valence-corrected chi connectivity index (χ1v) is 7.17. The van der Waals surface area contributed by atoms with Crippen LogP contribution in [-0.4, -0.2) is 34.0 Å². The first kappa shape index (κ1) is 16.8. The highest BCUT2D eigenvalue weighted by Gasteiger charge is 2.08. The SMILES string of the molecule is COc1cccc(CNCCCOCC(C)C)c1OC. The Hall–Kier alpha value is -1.26. The number of hydrogen-bond acceptors (Lipinski definition) is 4. The molecule has 0 saturated heterocycles. The third kappa shape index (κ3) is 5.80. The average Bonchev–Trinajstić information content (AvgIpc) is 2.45. The van der Waals surface area contributed by atoms with Crippen molar-refractivity contribution < 1.29 is 14.2 Å². The van der Waals surface area contributed by atoms with Gasteiger partial charge in [-0.15, -0.1) is 0 Å². The summed E-state index contributed by atoms with van der Waals surface area (Å²) in [5.41, 5.74) is 1.11. The molecule has 0 aromatic heterocycles. The topological polar surface area (TPSA) is 39.7 Å². The molecule has 1 rings (SSSR count). The third-order valence-electron chi connectivity index (χ3n) is 2.89. The largest absolute Gasteiger partial charge is 0.493 e. The van der Waals surface area contributed by atoms with E-state index in [0.717, 1.165) is 49.8 Å². The van der Waals surface area contributed by atoms with Crippen LogP contribution < -0.4 is 14.8 Å². The molecule has 4 heteroatoms. The number of benzene rings is 1. The Bertz CT molecular complexity index is 380. The van der Waals surface area contributed by atoms with Crippen LogP contribution in [0.2, 0.25) is 0 Å². The summed E-state index contributed by atoms with van der Waals surface area (Å²) in [5.74, 6) is 2.18. The molecule has 0 atom stereocenters.